The van der Waals surface area contributed by atoms with Gasteiger partial charge in [0, 0.05) is 12.6 Å². The van der Waals surface area contributed by atoms with E-state index in [1.54, 1.807) is 10.7 Å². The number of aromatic nitrogens is 2. The predicted octanol–water partition coefficient (Wildman–Crippen LogP) is 3.10. The molecule has 0 bridgehead atoms. The third kappa shape index (κ3) is 2.81. The van der Waals surface area contributed by atoms with Crippen molar-refractivity contribution in [2.75, 3.05) is 0 Å². The van der Waals surface area contributed by atoms with Crippen LogP contribution in [0.3, 0.4) is 0 Å². The number of carbonyl (C=O) groups is 1. The van der Waals surface area contributed by atoms with Crippen LogP contribution in [-0.2, 0) is 0 Å². The Bertz CT molecular complexity index is 500. The number of benzene rings is 1. The molecule has 1 aromatic carbocycles. The Morgan fingerprint density at radius 2 is 1.94 bits per heavy atom. The summed E-state index contributed by atoms with van der Waals surface area (Å²) in [6.45, 7) is 4.07. The number of hydrogen-bond donors (Lipinski definition) is 0. The second kappa shape index (κ2) is 4.95. The lowest BCUT2D eigenvalue weighted by Crippen LogP contribution is -2.05. The summed E-state index contributed by atoms with van der Waals surface area (Å²) in [6.07, 6.45) is 2.37. The summed E-state index contributed by atoms with van der Waals surface area (Å²) in [7, 11) is 0. The first-order valence-electron chi connectivity index (χ1n) is 5.81. The van der Waals surface area contributed by atoms with Crippen LogP contribution in [0.25, 0.3) is 5.69 Å². The molecular weight excluding hydrogens is 212 g/mol. The Labute approximate surface area is 101 Å². The highest BCUT2D eigenvalue weighted by Gasteiger charge is 2.11. The van der Waals surface area contributed by atoms with Crippen LogP contribution in [0.15, 0.2) is 42.6 Å². The maximum atomic E-state index is 11.8. The van der Waals surface area contributed by atoms with E-state index in [-0.39, 0.29) is 5.78 Å². The van der Waals surface area contributed by atoms with Crippen molar-refractivity contribution in [3.05, 3.63) is 48.3 Å². The molecule has 2 aromatic rings. The number of nitrogens with zero attached hydrogens (tertiary/aromatic N) is 2. The second-order valence-electron chi connectivity index (χ2n) is 4.50. The lowest BCUT2D eigenvalue weighted by molar-refractivity contribution is 0.0962. The lowest BCUT2D eigenvalue weighted by atomic mass is 10.1. The molecule has 88 valence electrons. The molecule has 0 aliphatic carbocycles. The summed E-state index contributed by atoms with van der Waals surface area (Å²) in [4.78, 5) is 11.8. The summed E-state index contributed by atoms with van der Waals surface area (Å²) < 4.78 is 1.73. The van der Waals surface area contributed by atoms with Gasteiger partial charge in [0.1, 0.15) is 5.69 Å². The third-order valence-electron chi connectivity index (χ3n) is 2.49. The molecule has 0 saturated carbocycles. The maximum Gasteiger partial charge on any atom is 0.183 e. The highest BCUT2D eigenvalue weighted by atomic mass is 16.1. The van der Waals surface area contributed by atoms with E-state index in [1.807, 2.05) is 50.4 Å². The van der Waals surface area contributed by atoms with E-state index in [4.69, 9.17) is 0 Å². The summed E-state index contributed by atoms with van der Waals surface area (Å²) in [6, 6.07) is 11.6. The third-order valence-corrected chi connectivity index (χ3v) is 2.49. The minimum atomic E-state index is 0.106. The molecule has 3 heteroatoms. The van der Waals surface area contributed by atoms with Gasteiger partial charge in [0.05, 0.1) is 5.69 Å². The van der Waals surface area contributed by atoms with E-state index in [2.05, 4.69) is 5.10 Å². The van der Waals surface area contributed by atoms with Gasteiger partial charge in [-0.3, -0.25) is 4.79 Å². The van der Waals surface area contributed by atoms with Crippen LogP contribution in [0, 0.1) is 5.92 Å². The van der Waals surface area contributed by atoms with Gasteiger partial charge in [0.25, 0.3) is 0 Å². The summed E-state index contributed by atoms with van der Waals surface area (Å²) in [5.74, 6) is 0.471. The van der Waals surface area contributed by atoms with Crippen LogP contribution >= 0.6 is 0 Å². The highest BCUT2D eigenvalue weighted by molar-refractivity contribution is 5.94. The van der Waals surface area contributed by atoms with Crippen LogP contribution in [0.5, 0.6) is 0 Å². The van der Waals surface area contributed by atoms with Gasteiger partial charge in [-0.2, -0.15) is 5.10 Å². The molecule has 17 heavy (non-hydrogen) atoms. The van der Waals surface area contributed by atoms with Crippen LogP contribution < -0.4 is 0 Å². The molecule has 0 atom stereocenters. The van der Waals surface area contributed by atoms with Gasteiger partial charge in [-0.25, -0.2) is 4.68 Å². The molecule has 0 saturated heterocycles. The van der Waals surface area contributed by atoms with Gasteiger partial charge < -0.3 is 0 Å². The minimum absolute atomic E-state index is 0.106. The number of hydrogen-bond acceptors (Lipinski definition) is 2. The van der Waals surface area contributed by atoms with Gasteiger partial charge in [0.2, 0.25) is 0 Å². The van der Waals surface area contributed by atoms with Gasteiger partial charge in [-0.05, 0) is 24.1 Å². The quantitative estimate of drug-likeness (QED) is 0.754. The van der Waals surface area contributed by atoms with Crippen molar-refractivity contribution < 1.29 is 4.79 Å². The highest BCUT2D eigenvalue weighted by Crippen LogP contribution is 2.10. The van der Waals surface area contributed by atoms with Crippen molar-refractivity contribution in [2.24, 2.45) is 5.92 Å². The molecule has 0 unspecified atom stereocenters. The molecule has 0 aliphatic rings. The number of para-hydroxylation sites is 1. The van der Waals surface area contributed by atoms with Gasteiger partial charge in [0.15, 0.2) is 5.78 Å². The van der Waals surface area contributed by atoms with Crippen molar-refractivity contribution in [3.8, 4) is 5.69 Å². The second-order valence-corrected chi connectivity index (χ2v) is 4.50. The van der Waals surface area contributed by atoms with Crippen molar-refractivity contribution in [3.63, 3.8) is 0 Å². The number of Topliss-reactive ketones (excluding diaryl/α,β-unsaturated/α-hetero) is 1. The zero-order valence-electron chi connectivity index (χ0n) is 10.1. The normalized spacial score (nSPS) is 10.8. The first-order chi connectivity index (χ1) is 8.16. The number of rotatable bonds is 4. The van der Waals surface area contributed by atoms with E-state index < -0.39 is 0 Å². The molecule has 0 N–H and O–H groups in total. The van der Waals surface area contributed by atoms with Crippen LogP contribution in [0.1, 0.15) is 30.8 Å². The lowest BCUT2D eigenvalue weighted by Gasteiger charge is -2.01. The van der Waals surface area contributed by atoms with Crippen molar-refractivity contribution in [1.29, 1.82) is 0 Å². The molecule has 0 amide bonds. The van der Waals surface area contributed by atoms with E-state index in [0.717, 1.165) is 5.69 Å². The zero-order chi connectivity index (χ0) is 12.3. The average Bonchev–Trinajstić information content (AvgIpc) is 2.78. The fourth-order valence-electron chi connectivity index (χ4n) is 1.67. The van der Waals surface area contributed by atoms with Gasteiger partial charge >= 0.3 is 0 Å². The number of ketones is 1. The van der Waals surface area contributed by atoms with Crippen molar-refractivity contribution in [2.45, 2.75) is 20.3 Å². The monoisotopic (exact) mass is 228 g/mol. The molecule has 0 fully saturated rings. The molecule has 1 heterocycles. The molecule has 1 aromatic heterocycles. The smallest absolute Gasteiger partial charge is 0.183 e. The SMILES string of the molecule is CC(C)CC(=O)c1ccn(-c2ccccc2)n1. The zero-order valence-corrected chi connectivity index (χ0v) is 10.1. The molecule has 0 radical (unpaired) electrons. The summed E-state index contributed by atoms with van der Waals surface area (Å²) >= 11 is 0. The molecule has 2 rings (SSSR count). The average molecular weight is 228 g/mol. The minimum Gasteiger partial charge on any atom is -0.292 e. The largest absolute Gasteiger partial charge is 0.292 e. The Kier molecular flexibility index (Phi) is 3.38. The fourth-order valence-corrected chi connectivity index (χ4v) is 1.67. The Hall–Kier alpha value is -1.90. The van der Waals surface area contributed by atoms with Gasteiger partial charge in [-0.1, -0.05) is 32.0 Å². The van der Waals surface area contributed by atoms with Crippen LogP contribution in [-0.4, -0.2) is 15.6 Å². The maximum absolute atomic E-state index is 11.8. The topological polar surface area (TPSA) is 34.9 Å². The molecule has 0 aliphatic heterocycles. The Morgan fingerprint density at radius 1 is 1.24 bits per heavy atom. The Morgan fingerprint density at radius 3 is 2.59 bits per heavy atom. The first kappa shape index (κ1) is 11.6. The van der Waals surface area contributed by atoms with E-state index >= 15 is 0 Å². The molecular formula is C14H16N2O. The Balaban J connectivity index is 2.19. The van der Waals surface area contributed by atoms with Crippen molar-refractivity contribution >= 4 is 5.78 Å². The number of carbonyl (C=O) groups excluding carboxylic acids is 1. The van der Waals surface area contributed by atoms with E-state index in [0.29, 0.717) is 18.0 Å². The summed E-state index contributed by atoms with van der Waals surface area (Å²) in [5, 5.41) is 4.30. The van der Waals surface area contributed by atoms with E-state index in [9.17, 15) is 4.79 Å². The molecule has 3 nitrogen and oxygen atoms in total. The van der Waals surface area contributed by atoms with Gasteiger partial charge in [-0.15, -0.1) is 0 Å². The first-order valence-corrected chi connectivity index (χ1v) is 5.81. The van der Waals surface area contributed by atoms with Crippen LogP contribution in [0.4, 0.5) is 0 Å². The van der Waals surface area contributed by atoms with Crippen molar-refractivity contribution in [1.82, 2.24) is 9.78 Å². The predicted molar refractivity (Wildman–Crippen MR) is 67.3 cm³/mol. The molecule has 0 spiro atoms. The summed E-state index contributed by atoms with van der Waals surface area (Å²) in [5.41, 5.74) is 1.51. The van der Waals surface area contributed by atoms with E-state index in [1.165, 1.54) is 0 Å². The standard InChI is InChI=1S/C14H16N2O/c1-11(2)10-14(17)13-8-9-16(15-13)12-6-4-3-5-7-12/h3-9,11H,10H2,1-2H3. The fraction of sp³-hybridized carbons (Fsp3) is 0.286. The van der Waals surface area contributed by atoms with Crippen LogP contribution in [0.2, 0.25) is 0 Å².